The van der Waals surface area contributed by atoms with E-state index in [1.165, 1.54) is 0 Å². The third-order valence-electron chi connectivity index (χ3n) is 5.26. The number of fused-ring (bicyclic) bond motifs is 4. The van der Waals surface area contributed by atoms with Crippen molar-refractivity contribution in [1.29, 1.82) is 0 Å². The maximum atomic E-state index is 13.6. The quantitative estimate of drug-likeness (QED) is 0.269. The molecule has 0 amide bonds. The van der Waals surface area contributed by atoms with Crippen LogP contribution >= 0.6 is 0 Å². The van der Waals surface area contributed by atoms with Crippen LogP contribution in [0.25, 0.3) is 0 Å². The third kappa shape index (κ3) is 3.27. The molecule has 2 aliphatic rings. The second kappa shape index (κ2) is 7.78. The Hall–Kier alpha value is -3.25. The maximum absolute atomic E-state index is 13.6. The first-order chi connectivity index (χ1) is 14.8. The number of anilines is 4. The molecule has 0 aromatic heterocycles. The second-order valence-electron chi connectivity index (χ2n) is 7.14. The van der Waals surface area contributed by atoms with Gasteiger partial charge in [-0.25, -0.2) is 0 Å². The molecule has 2 N–H and O–H groups in total. The molecule has 0 aliphatic carbocycles. The van der Waals surface area contributed by atoms with Crippen LogP contribution in [0.1, 0.15) is 15.9 Å². The monoisotopic (exact) mass is 416 g/mol. The molecule has 0 saturated heterocycles. The Labute approximate surface area is 201 Å². The van der Waals surface area contributed by atoms with Gasteiger partial charge in [-0.1, -0.05) is 36.4 Å². The first-order valence-electron chi connectivity index (χ1n) is 9.66. The molecule has 4 aromatic carbocycles. The van der Waals surface area contributed by atoms with Crippen LogP contribution in [0.2, 0.25) is 0 Å². The molecule has 0 unspecified atom stereocenters. The Morgan fingerprint density at radius 2 is 0.968 bits per heavy atom. The van der Waals surface area contributed by atoms with Crippen LogP contribution in [0.3, 0.4) is 0 Å². The number of benzene rings is 4. The van der Waals surface area contributed by atoms with E-state index in [2.05, 4.69) is 10.6 Å². The van der Waals surface area contributed by atoms with Gasteiger partial charge in [0.25, 0.3) is 0 Å². The van der Waals surface area contributed by atoms with Crippen LogP contribution in [0.15, 0.2) is 84.9 Å². The average molecular weight is 416 g/mol. The van der Waals surface area contributed by atoms with Crippen molar-refractivity contribution in [2.24, 2.45) is 0 Å². The summed E-state index contributed by atoms with van der Waals surface area (Å²) in [5.74, 6) is 2.25. The topological polar surface area (TPSA) is 59.6 Å². The molecule has 146 valence electrons. The van der Waals surface area contributed by atoms with E-state index in [-0.39, 0.29) is 35.3 Å². The number of ether oxygens (including phenoxy) is 2. The van der Waals surface area contributed by atoms with Crippen LogP contribution in [0.5, 0.6) is 23.0 Å². The van der Waals surface area contributed by atoms with Crippen molar-refractivity contribution in [3.05, 3.63) is 96.1 Å². The van der Waals surface area contributed by atoms with Crippen molar-refractivity contribution in [2.75, 3.05) is 10.6 Å². The number of rotatable bonds is 2. The number of hydrogen-bond acceptors (Lipinski definition) is 5. The average Bonchev–Trinajstić information content (AvgIpc) is 2.80. The van der Waals surface area contributed by atoms with E-state index >= 15 is 0 Å². The summed E-state index contributed by atoms with van der Waals surface area (Å²) in [7, 11) is 0. The van der Waals surface area contributed by atoms with Crippen molar-refractivity contribution < 1.29 is 14.3 Å². The number of carbonyl (C=O) groups excluding carboxylic acids is 1. The van der Waals surface area contributed by atoms with Gasteiger partial charge in [0.05, 0.1) is 33.9 Å². The van der Waals surface area contributed by atoms with Crippen molar-refractivity contribution in [1.82, 2.24) is 0 Å². The molecule has 0 atom stereocenters. The molecule has 6 rings (SSSR count). The Balaban J connectivity index is 0.00000204. The Morgan fingerprint density at radius 3 is 1.45 bits per heavy atom. The van der Waals surface area contributed by atoms with Gasteiger partial charge in [-0.05, 0) is 48.5 Å². The Morgan fingerprint density at radius 1 is 0.548 bits per heavy atom. The predicted octanol–water partition coefficient (Wildman–Crippen LogP) is 5.97. The van der Waals surface area contributed by atoms with Gasteiger partial charge in [-0.2, -0.15) is 0 Å². The molecule has 2 heterocycles. The fraction of sp³-hybridized carbons (Fsp3) is 0. The SMILES string of the molecule is O=C(c1cccc2c1Oc1ccccc1N2)c1cccc2c1Oc1ccccc1N2.[NaH]. The summed E-state index contributed by atoms with van der Waals surface area (Å²) >= 11 is 0. The van der Waals surface area contributed by atoms with E-state index in [0.717, 1.165) is 22.7 Å². The van der Waals surface area contributed by atoms with Gasteiger partial charge in [0.1, 0.15) is 0 Å². The van der Waals surface area contributed by atoms with E-state index in [0.29, 0.717) is 34.1 Å². The van der Waals surface area contributed by atoms with E-state index in [1.54, 1.807) is 12.1 Å². The summed E-state index contributed by atoms with van der Waals surface area (Å²) in [6.45, 7) is 0. The number of nitrogens with one attached hydrogen (secondary N) is 2. The summed E-state index contributed by atoms with van der Waals surface area (Å²) < 4.78 is 12.2. The van der Waals surface area contributed by atoms with Gasteiger partial charge in [0.15, 0.2) is 23.0 Å². The van der Waals surface area contributed by atoms with Gasteiger partial charge in [0.2, 0.25) is 5.78 Å². The van der Waals surface area contributed by atoms with Crippen molar-refractivity contribution in [3.63, 3.8) is 0 Å². The summed E-state index contributed by atoms with van der Waals surface area (Å²) in [5, 5.41) is 6.68. The minimum atomic E-state index is -0.161. The van der Waals surface area contributed by atoms with Crippen molar-refractivity contribution in [3.8, 4) is 23.0 Å². The molecule has 5 nitrogen and oxygen atoms in total. The minimum absolute atomic E-state index is 0. The summed E-state index contributed by atoms with van der Waals surface area (Å²) in [4.78, 5) is 13.6. The van der Waals surface area contributed by atoms with E-state index in [1.807, 2.05) is 72.8 Å². The standard InChI is InChI=1S/C25H16N2O3.Na.H/c28-23(15-7-5-11-19-24(15)29-21-13-3-1-9-17(21)26-19)16-8-6-12-20-25(16)30-22-14-4-2-10-18(22)27-20;;/h1-14,26-27H;;. The van der Waals surface area contributed by atoms with Gasteiger partial charge in [-0.3, -0.25) is 4.79 Å². The molecule has 0 saturated carbocycles. The predicted molar refractivity (Wildman–Crippen MR) is 123 cm³/mol. The number of ketones is 1. The van der Waals surface area contributed by atoms with Crippen LogP contribution in [0.4, 0.5) is 22.7 Å². The normalized spacial score (nSPS) is 12.1. The van der Waals surface area contributed by atoms with E-state index in [4.69, 9.17) is 9.47 Å². The summed E-state index contributed by atoms with van der Waals surface area (Å²) in [5.41, 5.74) is 4.21. The number of hydrogen-bond donors (Lipinski definition) is 2. The Kier molecular flexibility index (Phi) is 4.94. The van der Waals surface area contributed by atoms with Crippen LogP contribution in [-0.4, -0.2) is 35.3 Å². The van der Waals surface area contributed by atoms with E-state index < -0.39 is 0 Å². The third-order valence-corrected chi connectivity index (χ3v) is 5.26. The van der Waals surface area contributed by atoms with Gasteiger partial charge in [-0.15, -0.1) is 0 Å². The second-order valence-corrected chi connectivity index (χ2v) is 7.14. The molecule has 6 heteroatoms. The molecule has 2 aliphatic heterocycles. The zero-order chi connectivity index (χ0) is 20.1. The fourth-order valence-electron chi connectivity index (χ4n) is 3.82. The molecule has 0 bridgehead atoms. The van der Waals surface area contributed by atoms with Crippen molar-refractivity contribution >= 4 is 58.1 Å². The zero-order valence-electron chi connectivity index (χ0n) is 15.8. The number of carbonyl (C=O) groups is 1. The zero-order valence-corrected chi connectivity index (χ0v) is 15.8. The van der Waals surface area contributed by atoms with Gasteiger partial charge < -0.3 is 20.1 Å². The molecule has 4 aromatic rings. The van der Waals surface area contributed by atoms with Gasteiger partial charge in [0, 0.05) is 0 Å². The first kappa shape index (κ1) is 19.7. The molecule has 0 fully saturated rings. The van der Waals surface area contributed by atoms with Crippen LogP contribution in [0, 0.1) is 0 Å². The van der Waals surface area contributed by atoms with Crippen LogP contribution < -0.4 is 20.1 Å². The summed E-state index contributed by atoms with van der Waals surface area (Å²) in [6.07, 6.45) is 0. The van der Waals surface area contributed by atoms with Gasteiger partial charge >= 0.3 is 29.6 Å². The molecule has 31 heavy (non-hydrogen) atoms. The molecular formula is C25H17N2NaO3. The first-order valence-corrected chi connectivity index (χ1v) is 9.66. The molecule has 0 spiro atoms. The molecule has 0 radical (unpaired) electrons. The number of para-hydroxylation sites is 6. The molecular weight excluding hydrogens is 399 g/mol. The van der Waals surface area contributed by atoms with Crippen LogP contribution in [-0.2, 0) is 0 Å². The summed E-state index contributed by atoms with van der Waals surface area (Å²) in [6, 6.07) is 26.4. The van der Waals surface area contributed by atoms with E-state index in [9.17, 15) is 4.79 Å². The fourth-order valence-corrected chi connectivity index (χ4v) is 3.82. The Bertz CT molecular complexity index is 1240. The van der Waals surface area contributed by atoms with Crippen molar-refractivity contribution in [2.45, 2.75) is 0 Å².